The summed E-state index contributed by atoms with van der Waals surface area (Å²) < 4.78 is 33.4. The Balaban J connectivity index is 4.78. The minimum Gasteiger partial charge on any atom is -0.408 e. The van der Waals surface area contributed by atoms with E-state index in [1.807, 2.05) is 20.8 Å². The molecule has 0 amide bonds. The van der Waals surface area contributed by atoms with Crippen molar-refractivity contribution in [2.75, 3.05) is 6.61 Å². The van der Waals surface area contributed by atoms with E-state index in [1.165, 1.54) is 0 Å². The Morgan fingerprint density at radius 3 is 1.88 bits per heavy atom. The van der Waals surface area contributed by atoms with Crippen molar-refractivity contribution in [3.63, 3.8) is 0 Å². The van der Waals surface area contributed by atoms with Crippen molar-refractivity contribution in [1.82, 2.24) is 0 Å². The molecule has 0 aromatic heterocycles. The van der Waals surface area contributed by atoms with Crippen molar-refractivity contribution in [2.24, 2.45) is 0 Å². The fourth-order valence-electron chi connectivity index (χ4n) is 2.08. The number of rotatable bonds is 9. The predicted octanol–water partition coefficient (Wildman–Crippen LogP) is 3.80. The van der Waals surface area contributed by atoms with Gasteiger partial charge in [0, 0.05) is 13.0 Å². The fourth-order valence-corrected chi connectivity index (χ4v) is 5.02. The van der Waals surface area contributed by atoms with Gasteiger partial charge in [-0.05, 0) is 24.6 Å². The highest BCUT2D eigenvalue weighted by Crippen LogP contribution is 2.33. The van der Waals surface area contributed by atoms with Crippen LogP contribution in [0.25, 0.3) is 0 Å². The van der Waals surface area contributed by atoms with Crippen LogP contribution in [0.5, 0.6) is 0 Å². The second kappa shape index (κ2) is 7.44. The first kappa shape index (κ1) is 17.0. The minimum absolute atomic E-state index is 0.293. The molecule has 17 heavy (non-hydrogen) atoms. The molecule has 0 aliphatic carbocycles. The van der Waals surface area contributed by atoms with E-state index in [0.29, 0.717) is 6.42 Å². The molecule has 0 fully saturated rings. The standard InChI is InChI=1S/C12H26F2O2Si/c1-5-11(12(13,14)9-10-15)16-17(6-2,7-3)8-4/h11,15H,5-10H2,1-4H3. The first-order valence-electron chi connectivity index (χ1n) is 6.57. The van der Waals surface area contributed by atoms with E-state index in [1.54, 1.807) is 6.92 Å². The molecule has 1 atom stereocenters. The molecule has 2 nitrogen and oxygen atoms in total. The molecule has 104 valence electrons. The molecule has 0 heterocycles. The van der Waals surface area contributed by atoms with Crippen LogP contribution in [0.3, 0.4) is 0 Å². The van der Waals surface area contributed by atoms with Crippen molar-refractivity contribution < 1.29 is 18.3 Å². The summed E-state index contributed by atoms with van der Waals surface area (Å²) in [4.78, 5) is 0. The van der Waals surface area contributed by atoms with Crippen molar-refractivity contribution in [3.05, 3.63) is 0 Å². The first-order valence-corrected chi connectivity index (χ1v) is 9.10. The van der Waals surface area contributed by atoms with Crippen LogP contribution >= 0.6 is 0 Å². The molecule has 0 spiro atoms. The van der Waals surface area contributed by atoms with Gasteiger partial charge in [-0.25, -0.2) is 8.78 Å². The van der Waals surface area contributed by atoms with E-state index < -0.39 is 33.4 Å². The summed E-state index contributed by atoms with van der Waals surface area (Å²) in [5.74, 6) is -2.92. The summed E-state index contributed by atoms with van der Waals surface area (Å²) in [5.41, 5.74) is 0. The number of aliphatic hydroxyl groups is 1. The Morgan fingerprint density at radius 1 is 1.12 bits per heavy atom. The van der Waals surface area contributed by atoms with Crippen LogP contribution < -0.4 is 0 Å². The van der Waals surface area contributed by atoms with Gasteiger partial charge in [-0.2, -0.15) is 0 Å². The SMILES string of the molecule is CCC(O[Si](CC)(CC)CC)C(F)(F)CCO. The van der Waals surface area contributed by atoms with E-state index in [-0.39, 0.29) is 0 Å². The summed E-state index contributed by atoms with van der Waals surface area (Å²) >= 11 is 0. The van der Waals surface area contributed by atoms with Gasteiger partial charge in [0.15, 0.2) is 8.32 Å². The lowest BCUT2D eigenvalue weighted by atomic mass is 10.1. The Labute approximate surface area is 104 Å². The zero-order chi connectivity index (χ0) is 13.5. The highest BCUT2D eigenvalue weighted by molar-refractivity contribution is 6.73. The van der Waals surface area contributed by atoms with Crippen LogP contribution in [-0.4, -0.2) is 32.1 Å². The molecule has 0 saturated carbocycles. The van der Waals surface area contributed by atoms with Crippen molar-refractivity contribution >= 4 is 8.32 Å². The second-order valence-electron chi connectivity index (χ2n) is 4.49. The van der Waals surface area contributed by atoms with Crippen LogP contribution in [0.2, 0.25) is 18.1 Å². The van der Waals surface area contributed by atoms with Gasteiger partial charge in [-0.1, -0.05) is 27.7 Å². The fraction of sp³-hybridized carbons (Fsp3) is 1.00. The van der Waals surface area contributed by atoms with Crippen LogP contribution in [0.4, 0.5) is 8.78 Å². The van der Waals surface area contributed by atoms with Crippen LogP contribution in [0, 0.1) is 0 Å². The van der Waals surface area contributed by atoms with E-state index in [4.69, 9.17) is 9.53 Å². The smallest absolute Gasteiger partial charge is 0.274 e. The van der Waals surface area contributed by atoms with Crippen LogP contribution in [-0.2, 0) is 4.43 Å². The lowest BCUT2D eigenvalue weighted by molar-refractivity contribution is -0.113. The molecule has 0 bridgehead atoms. The normalized spacial score (nSPS) is 15.0. The largest absolute Gasteiger partial charge is 0.408 e. The Hall–Kier alpha value is -0.00312. The summed E-state index contributed by atoms with van der Waals surface area (Å²) in [6, 6.07) is 2.60. The van der Waals surface area contributed by atoms with Gasteiger partial charge < -0.3 is 9.53 Å². The molecule has 0 aliphatic heterocycles. The Bertz CT molecular complexity index is 200. The highest BCUT2D eigenvalue weighted by Gasteiger charge is 2.43. The molecule has 0 aliphatic rings. The van der Waals surface area contributed by atoms with Gasteiger partial charge in [0.05, 0.1) is 0 Å². The van der Waals surface area contributed by atoms with Gasteiger partial charge in [-0.3, -0.25) is 0 Å². The van der Waals surface area contributed by atoms with Crippen LogP contribution in [0.15, 0.2) is 0 Å². The second-order valence-corrected chi connectivity index (χ2v) is 9.22. The zero-order valence-electron chi connectivity index (χ0n) is 11.4. The van der Waals surface area contributed by atoms with Gasteiger partial charge in [-0.15, -0.1) is 0 Å². The van der Waals surface area contributed by atoms with Crippen molar-refractivity contribution in [2.45, 2.75) is 70.7 Å². The maximum atomic E-state index is 13.8. The lowest BCUT2D eigenvalue weighted by Gasteiger charge is -2.36. The molecule has 5 heteroatoms. The molecule has 0 saturated heterocycles. The van der Waals surface area contributed by atoms with Gasteiger partial charge in [0.25, 0.3) is 5.92 Å². The zero-order valence-corrected chi connectivity index (χ0v) is 12.4. The average Bonchev–Trinajstić information content (AvgIpc) is 2.31. The average molecular weight is 268 g/mol. The molecular formula is C12H26F2O2Si. The monoisotopic (exact) mass is 268 g/mol. The summed E-state index contributed by atoms with van der Waals surface area (Å²) in [5, 5.41) is 8.69. The third kappa shape index (κ3) is 4.64. The Kier molecular flexibility index (Phi) is 7.43. The maximum Gasteiger partial charge on any atom is 0.274 e. The topological polar surface area (TPSA) is 29.5 Å². The number of alkyl halides is 2. The van der Waals surface area contributed by atoms with E-state index >= 15 is 0 Å². The number of hydrogen-bond donors (Lipinski definition) is 1. The molecule has 0 aromatic carbocycles. The number of hydrogen-bond acceptors (Lipinski definition) is 2. The molecule has 1 N–H and O–H groups in total. The van der Waals surface area contributed by atoms with Crippen molar-refractivity contribution in [1.29, 1.82) is 0 Å². The quantitative estimate of drug-likeness (QED) is 0.644. The van der Waals surface area contributed by atoms with E-state index in [0.717, 1.165) is 18.1 Å². The third-order valence-electron chi connectivity index (χ3n) is 3.61. The van der Waals surface area contributed by atoms with Gasteiger partial charge in [0.1, 0.15) is 6.10 Å². The summed E-state index contributed by atoms with van der Waals surface area (Å²) in [6.07, 6.45) is -1.25. The number of halogens is 2. The van der Waals surface area contributed by atoms with Gasteiger partial charge in [0.2, 0.25) is 0 Å². The van der Waals surface area contributed by atoms with Gasteiger partial charge >= 0.3 is 0 Å². The summed E-state index contributed by atoms with van der Waals surface area (Å²) in [7, 11) is -2.00. The molecule has 0 rings (SSSR count). The molecule has 0 radical (unpaired) electrons. The lowest BCUT2D eigenvalue weighted by Crippen LogP contribution is -2.47. The summed E-state index contributed by atoms with van der Waals surface area (Å²) in [6.45, 7) is 7.30. The van der Waals surface area contributed by atoms with Crippen LogP contribution in [0.1, 0.15) is 40.5 Å². The third-order valence-corrected chi connectivity index (χ3v) is 8.26. The Morgan fingerprint density at radius 2 is 1.59 bits per heavy atom. The minimum atomic E-state index is -2.92. The van der Waals surface area contributed by atoms with Crippen molar-refractivity contribution in [3.8, 4) is 0 Å². The highest BCUT2D eigenvalue weighted by atomic mass is 28.4. The molecule has 1 unspecified atom stereocenters. The predicted molar refractivity (Wildman–Crippen MR) is 69.0 cm³/mol. The maximum absolute atomic E-state index is 13.8. The molecular weight excluding hydrogens is 242 g/mol. The van der Waals surface area contributed by atoms with E-state index in [2.05, 4.69) is 0 Å². The first-order chi connectivity index (χ1) is 7.91. The number of aliphatic hydroxyl groups excluding tert-OH is 1. The molecule has 0 aromatic rings. The van der Waals surface area contributed by atoms with E-state index in [9.17, 15) is 8.78 Å².